The van der Waals surface area contributed by atoms with E-state index in [4.69, 9.17) is 9.47 Å². The number of methoxy groups -OCH3 is 1. The van der Waals surface area contributed by atoms with Crippen molar-refractivity contribution in [3.05, 3.63) is 29.3 Å². The molecule has 0 saturated carbocycles. The molecule has 2 aliphatic rings. The Balaban J connectivity index is 2.12. The molecule has 3 rings (SSSR count). The molecule has 0 amide bonds. The topological polar surface area (TPSA) is 21.8 Å². The molecule has 2 unspecified atom stereocenters. The monoisotopic (exact) mass is 176 g/mol. The third-order valence-corrected chi connectivity index (χ3v) is 2.96. The maximum Gasteiger partial charge on any atom is 0.122 e. The van der Waals surface area contributed by atoms with Gasteiger partial charge in [-0.1, -0.05) is 12.1 Å². The van der Waals surface area contributed by atoms with Gasteiger partial charge in [0.05, 0.1) is 13.2 Å². The molecule has 0 radical (unpaired) electrons. The van der Waals surface area contributed by atoms with Crippen molar-refractivity contribution >= 4 is 0 Å². The van der Waals surface area contributed by atoms with Crippen LogP contribution < -0.4 is 4.74 Å². The van der Waals surface area contributed by atoms with Crippen molar-refractivity contribution in [2.45, 2.75) is 25.0 Å². The molecular formula is C11H12O2. The van der Waals surface area contributed by atoms with Crippen LogP contribution >= 0.6 is 0 Å². The molecule has 2 heteroatoms. The van der Waals surface area contributed by atoms with Gasteiger partial charge in [-0.15, -0.1) is 0 Å². The summed E-state index contributed by atoms with van der Waals surface area (Å²) in [5.74, 6) is 1.02. The molecule has 1 saturated heterocycles. The average Bonchev–Trinajstić information content (AvgIpc) is 2.95. The van der Waals surface area contributed by atoms with Gasteiger partial charge in [-0.05, 0) is 24.5 Å². The molecular weight excluding hydrogens is 164 g/mol. The Morgan fingerprint density at radius 1 is 1.46 bits per heavy atom. The normalized spacial score (nSPS) is 29.0. The van der Waals surface area contributed by atoms with Gasteiger partial charge in [0.25, 0.3) is 0 Å². The van der Waals surface area contributed by atoms with Crippen LogP contribution in [0.3, 0.4) is 0 Å². The van der Waals surface area contributed by atoms with E-state index in [1.165, 1.54) is 11.1 Å². The van der Waals surface area contributed by atoms with E-state index in [2.05, 4.69) is 6.07 Å². The smallest absolute Gasteiger partial charge is 0.122 e. The molecule has 1 aliphatic heterocycles. The molecule has 0 N–H and O–H groups in total. The lowest BCUT2D eigenvalue weighted by Crippen LogP contribution is -2.05. The zero-order chi connectivity index (χ0) is 8.84. The van der Waals surface area contributed by atoms with E-state index in [0.29, 0.717) is 12.2 Å². The summed E-state index contributed by atoms with van der Waals surface area (Å²) in [6.45, 7) is 0. The van der Waals surface area contributed by atoms with Crippen molar-refractivity contribution in [2.75, 3.05) is 7.11 Å². The summed E-state index contributed by atoms with van der Waals surface area (Å²) in [6.07, 6.45) is 3.12. The highest BCUT2D eigenvalue weighted by Crippen LogP contribution is 2.48. The maximum absolute atomic E-state index is 5.55. The molecule has 2 nitrogen and oxygen atoms in total. The van der Waals surface area contributed by atoms with Crippen LogP contribution in [0.25, 0.3) is 0 Å². The predicted molar refractivity (Wildman–Crippen MR) is 48.9 cm³/mol. The predicted octanol–water partition coefficient (Wildman–Crippen LogP) is 2.08. The first-order valence-corrected chi connectivity index (χ1v) is 4.71. The van der Waals surface area contributed by atoms with E-state index >= 15 is 0 Å². The first-order valence-electron chi connectivity index (χ1n) is 4.71. The van der Waals surface area contributed by atoms with Crippen LogP contribution in [0, 0.1) is 0 Å². The number of benzene rings is 1. The summed E-state index contributed by atoms with van der Waals surface area (Å²) >= 11 is 0. The Morgan fingerprint density at radius 2 is 2.38 bits per heavy atom. The summed E-state index contributed by atoms with van der Waals surface area (Å²) in [7, 11) is 1.73. The molecule has 2 atom stereocenters. The molecule has 1 aliphatic carbocycles. The van der Waals surface area contributed by atoms with Crippen molar-refractivity contribution in [3.63, 3.8) is 0 Å². The molecule has 68 valence electrons. The lowest BCUT2D eigenvalue weighted by Gasteiger charge is -2.15. The van der Waals surface area contributed by atoms with Gasteiger partial charge >= 0.3 is 0 Å². The van der Waals surface area contributed by atoms with Gasteiger partial charge in [0.1, 0.15) is 11.9 Å². The summed E-state index contributed by atoms with van der Waals surface area (Å²) in [4.78, 5) is 0. The number of ether oxygens (including phenoxy) is 2. The van der Waals surface area contributed by atoms with E-state index in [1.807, 2.05) is 12.1 Å². The van der Waals surface area contributed by atoms with E-state index in [-0.39, 0.29) is 0 Å². The fourth-order valence-corrected chi connectivity index (χ4v) is 2.23. The Bertz CT molecular complexity index is 346. The molecule has 1 fully saturated rings. The van der Waals surface area contributed by atoms with Gasteiger partial charge in [-0.2, -0.15) is 0 Å². The Labute approximate surface area is 77.5 Å². The first kappa shape index (κ1) is 7.39. The van der Waals surface area contributed by atoms with Crippen LogP contribution in [0.2, 0.25) is 0 Å². The largest absolute Gasteiger partial charge is 0.496 e. The number of hydrogen-bond acceptors (Lipinski definition) is 2. The number of epoxide rings is 1. The van der Waals surface area contributed by atoms with Gasteiger partial charge in [0.2, 0.25) is 0 Å². The highest BCUT2D eigenvalue weighted by molar-refractivity contribution is 5.45. The van der Waals surface area contributed by atoms with Gasteiger partial charge in [-0.3, -0.25) is 0 Å². The van der Waals surface area contributed by atoms with Crippen molar-refractivity contribution in [1.29, 1.82) is 0 Å². The highest BCUT2D eigenvalue weighted by atomic mass is 16.6. The summed E-state index contributed by atoms with van der Waals surface area (Å²) in [6, 6.07) is 6.23. The quantitative estimate of drug-likeness (QED) is 0.611. The molecule has 0 spiro atoms. The van der Waals surface area contributed by atoms with Crippen molar-refractivity contribution in [2.24, 2.45) is 0 Å². The van der Waals surface area contributed by atoms with Crippen LogP contribution in [0.5, 0.6) is 5.75 Å². The second kappa shape index (κ2) is 2.48. The van der Waals surface area contributed by atoms with Gasteiger partial charge in [-0.25, -0.2) is 0 Å². The van der Waals surface area contributed by atoms with Gasteiger partial charge < -0.3 is 9.47 Å². The van der Waals surface area contributed by atoms with E-state index in [0.717, 1.165) is 18.6 Å². The van der Waals surface area contributed by atoms with Crippen LogP contribution in [-0.4, -0.2) is 13.2 Å². The van der Waals surface area contributed by atoms with Crippen LogP contribution in [0.4, 0.5) is 0 Å². The number of fused-ring (bicyclic) bond motifs is 3. The lowest BCUT2D eigenvalue weighted by atomic mass is 9.91. The van der Waals surface area contributed by atoms with Crippen LogP contribution in [0.15, 0.2) is 18.2 Å². The van der Waals surface area contributed by atoms with Crippen LogP contribution in [-0.2, 0) is 11.2 Å². The molecule has 13 heavy (non-hydrogen) atoms. The minimum Gasteiger partial charge on any atom is -0.496 e. The Morgan fingerprint density at radius 3 is 3.23 bits per heavy atom. The second-order valence-electron chi connectivity index (χ2n) is 3.66. The SMILES string of the molecule is COc1cccc2c1CCC1OC21. The Kier molecular flexibility index (Phi) is 1.41. The highest BCUT2D eigenvalue weighted by Gasteiger charge is 2.44. The van der Waals surface area contributed by atoms with E-state index in [9.17, 15) is 0 Å². The summed E-state index contributed by atoms with van der Waals surface area (Å²) in [5, 5.41) is 0. The third-order valence-electron chi connectivity index (χ3n) is 2.96. The minimum absolute atomic E-state index is 0.374. The van der Waals surface area contributed by atoms with E-state index < -0.39 is 0 Å². The van der Waals surface area contributed by atoms with Crippen molar-refractivity contribution in [3.8, 4) is 5.75 Å². The molecule has 1 aromatic carbocycles. The zero-order valence-electron chi connectivity index (χ0n) is 7.62. The molecule has 1 aromatic rings. The van der Waals surface area contributed by atoms with Crippen LogP contribution in [0.1, 0.15) is 23.7 Å². The first-order chi connectivity index (χ1) is 6.40. The lowest BCUT2D eigenvalue weighted by molar-refractivity contribution is 0.372. The number of hydrogen-bond donors (Lipinski definition) is 0. The summed E-state index contributed by atoms with van der Waals surface area (Å²) < 4.78 is 10.9. The van der Waals surface area contributed by atoms with Gasteiger partial charge in [0.15, 0.2) is 0 Å². The van der Waals surface area contributed by atoms with E-state index in [1.54, 1.807) is 7.11 Å². The zero-order valence-corrected chi connectivity index (χ0v) is 7.62. The number of rotatable bonds is 1. The standard InChI is InChI=1S/C11H12O2/c1-12-9-4-2-3-8-7(9)5-6-10-11(8)13-10/h2-4,10-11H,5-6H2,1H3. The van der Waals surface area contributed by atoms with Gasteiger partial charge in [0, 0.05) is 5.56 Å². The second-order valence-corrected chi connectivity index (χ2v) is 3.66. The molecule has 0 aromatic heterocycles. The summed E-state index contributed by atoms with van der Waals surface area (Å²) in [5.41, 5.74) is 2.69. The molecule has 1 heterocycles. The fraction of sp³-hybridized carbons (Fsp3) is 0.455. The third kappa shape index (κ3) is 0.985. The average molecular weight is 176 g/mol. The molecule has 0 bridgehead atoms. The maximum atomic E-state index is 5.55. The fourth-order valence-electron chi connectivity index (χ4n) is 2.23. The Hall–Kier alpha value is -1.02. The van der Waals surface area contributed by atoms with Crippen molar-refractivity contribution in [1.82, 2.24) is 0 Å². The minimum atomic E-state index is 0.374. The van der Waals surface area contributed by atoms with Crippen molar-refractivity contribution < 1.29 is 9.47 Å².